The smallest absolute Gasteiger partial charge is 0.255 e. The minimum Gasteiger partial charge on any atom is -0.497 e. The topological polar surface area (TPSA) is 58.6 Å². The molecule has 1 N–H and O–H groups in total. The molecule has 0 aliphatic carbocycles. The fourth-order valence-electron chi connectivity index (χ4n) is 3.89. The maximum absolute atomic E-state index is 13.6. The molecule has 1 aliphatic rings. The molecule has 2 aromatic rings. The van der Waals surface area contributed by atoms with Gasteiger partial charge in [0, 0.05) is 18.7 Å². The molecule has 0 radical (unpaired) electrons. The Morgan fingerprint density at radius 2 is 1.87 bits per heavy atom. The maximum atomic E-state index is 13.6. The summed E-state index contributed by atoms with van der Waals surface area (Å²) in [5.41, 5.74) is 1.72. The predicted octanol–water partition coefficient (Wildman–Crippen LogP) is 4.20. The second kappa shape index (κ2) is 9.33. The fourth-order valence-corrected chi connectivity index (χ4v) is 3.89. The van der Waals surface area contributed by atoms with E-state index in [0.717, 1.165) is 23.3 Å². The first-order valence-corrected chi connectivity index (χ1v) is 10.7. The number of ether oxygens (including phenoxy) is 1. The van der Waals surface area contributed by atoms with Gasteiger partial charge in [0.2, 0.25) is 5.91 Å². The van der Waals surface area contributed by atoms with Crippen molar-refractivity contribution in [3.8, 4) is 5.75 Å². The van der Waals surface area contributed by atoms with E-state index in [4.69, 9.17) is 4.74 Å². The summed E-state index contributed by atoms with van der Waals surface area (Å²) in [6.45, 7) is 7.14. The van der Waals surface area contributed by atoms with Crippen molar-refractivity contribution in [3.05, 3.63) is 65.2 Å². The molecule has 0 saturated heterocycles. The molecule has 5 nitrogen and oxygen atoms in total. The minimum atomic E-state index is -0.924. The van der Waals surface area contributed by atoms with Gasteiger partial charge in [0.1, 0.15) is 11.3 Å². The molecule has 1 atom stereocenters. The third-order valence-corrected chi connectivity index (χ3v) is 5.97. The van der Waals surface area contributed by atoms with Crippen LogP contribution in [0.3, 0.4) is 0 Å². The first-order chi connectivity index (χ1) is 14.3. The largest absolute Gasteiger partial charge is 0.497 e. The van der Waals surface area contributed by atoms with Gasteiger partial charge in [0.25, 0.3) is 5.91 Å². The van der Waals surface area contributed by atoms with Gasteiger partial charge < -0.3 is 15.0 Å². The Morgan fingerprint density at radius 3 is 2.53 bits per heavy atom. The molecule has 0 fully saturated rings. The molecular weight excluding hydrogens is 376 g/mol. The van der Waals surface area contributed by atoms with E-state index in [1.54, 1.807) is 12.0 Å². The molecule has 0 unspecified atom stereocenters. The van der Waals surface area contributed by atoms with Crippen molar-refractivity contribution in [1.82, 2.24) is 10.2 Å². The lowest BCUT2D eigenvalue weighted by Crippen LogP contribution is -2.58. The molecule has 3 rings (SSSR count). The van der Waals surface area contributed by atoms with Gasteiger partial charge in [-0.3, -0.25) is 9.59 Å². The van der Waals surface area contributed by atoms with Crippen LogP contribution in [0.25, 0.3) is 0 Å². The van der Waals surface area contributed by atoms with Crippen LogP contribution >= 0.6 is 0 Å². The first-order valence-electron chi connectivity index (χ1n) is 10.7. The van der Waals surface area contributed by atoms with Crippen LogP contribution in [0.2, 0.25) is 0 Å². The van der Waals surface area contributed by atoms with Gasteiger partial charge in [-0.05, 0) is 61.4 Å². The third kappa shape index (κ3) is 4.66. The van der Waals surface area contributed by atoms with Crippen LogP contribution in [0.4, 0.5) is 0 Å². The summed E-state index contributed by atoms with van der Waals surface area (Å²) in [7, 11) is 1.63. The van der Waals surface area contributed by atoms with Crippen LogP contribution in [0.15, 0.2) is 48.5 Å². The third-order valence-electron chi connectivity index (χ3n) is 5.97. The molecule has 2 amide bonds. The maximum Gasteiger partial charge on any atom is 0.255 e. The van der Waals surface area contributed by atoms with E-state index < -0.39 is 5.54 Å². The molecule has 0 aromatic heterocycles. The van der Waals surface area contributed by atoms with E-state index in [2.05, 4.69) is 19.2 Å². The lowest BCUT2D eigenvalue weighted by molar-refractivity contribution is -0.132. The number of rotatable bonds is 7. The standard InChI is InChI=1S/C25H32N2O3/c1-18(2)14-16-26-24(29)25(3)15-13-20-7-5-6-8-22(20)23(28)27(25)17-19-9-11-21(30-4)12-10-19/h5-12,18H,13-17H2,1-4H3,(H,26,29)/t25-/m1/s1. The van der Waals surface area contributed by atoms with E-state index in [1.165, 1.54) is 0 Å². The van der Waals surface area contributed by atoms with Crippen LogP contribution in [0, 0.1) is 5.92 Å². The zero-order chi connectivity index (χ0) is 21.7. The SMILES string of the molecule is COc1ccc(CN2C(=O)c3ccccc3CC[C@]2(C)C(=O)NCCC(C)C)cc1. The summed E-state index contributed by atoms with van der Waals surface area (Å²) in [6, 6.07) is 15.3. The number of nitrogens with zero attached hydrogens (tertiary/aromatic N) is 1. The van der Waals surface area contributed by atoms with Gasteiger partial charge in [-0.25, -0.2) is 0 Å². The summed E-state index contributed by atoms with van der Waals surface area (Å²) in [5.74, 6) is 1.09. The van der Waals surface area contributed by atoms with Crippen LogP contribution in [0.1, 0.15) is 55.1 Å². The number of benzene rings is 2. The van der Waals surface area contributed by atoms with Crippen LogP contribution in [-0.4, -0.2) is 35.9 Å². The number of hydrogen-bond acceptors (Lipinski definition) is 3. The van der Waals surface area contributed by atoms with Crippen LogP contribution in [0.5, 0.6) is 5.75 Å². The van der Waals surface area contributed by atoms with Gasteiger partial charge in [0.15, 0.2) is 0 Å². The average Bonchev–Trinajstić information content (AvgIpc) is 2.85. The average molecular weight is 409 g/mol. The number of fused-ring (bicyclic) bond motifs is 1. The summed E-state index contributed by atoms with van der Waals surface area (Å²) in [6.07, 6.45) is 2.18. The highest BCUT2D eigenvalue weighted by molar-refractivity contribution is 6.00. The van der Waals surface area contributed by atoms with Crippen molar-refractivity contribution in [2.45, 2.75) is 52.1 Å². The Labute approximate surface area is 179 Å². The van der Waals surface area contributed by atoms with E-state index in [9.17, 15) is 9.59 Å². The summed E-state index contributed by atoms with van der Waals surface area (Å²) in [5, 5.41) is 3.08. The van der Waals surface area contributed by atoms with Gasteiger partial charge in [-0.2, -0.15) is 0 Å². The molecule has 2 aromatic carbocycles. The van der Waals surface area contributed by atoms with Gasteiger partial charge >= 0.3 is 0 Å². The molecule has 5 heteroatoms. The normalized spacial score (nSPS) is 18.7. The van der Waals surface area contributed by atoms with Crippen molar-refractivity contribution >= 4 is 11.8 Å². The molecule has 1 heterocycles. The molecule has 0 spiro atoms. The van der Waals surface area contributed by atoms with Gasteiger partial charge in [-0.1, -0.05) is 44.2 Å². The van der Waals surface area contributed by atoms with E-state index in [0.29, 0.717) is 37.4 Å². The van der Waals surface area contributed by atoms with Crippen molar-refractivity contribution in [3.63, 3.8) is 0 Å². The Morgan fingerprint density at radius 1 is 1.17 bits per heavy atom. The Balaban J connectivity index is 1.93. The summed E-state index contributed by atoms with van der Waals surface area (Å²) in [4.78, 5) is 28.7. The van der Waals surface area contributed by atoms with Gasteiger partial charge in [0.05, 0.1) is 7.11 Å². The molecule has 160 valence electrons. The number of carbonyl (C=O) groups excluding carboxylic acids is 2. The quantitative estimate of drug-likeness (QED) is 0.747. The Kier molecular flexibility index (Phi) is 6.80. The van der Waals surface area contributed by atoms with Gasteiger partial charge in [-0.15, -0.1) is 0 Å². The lowest BCUT2D eigenvalue weighted by atomic mass is 9.91. The number of methoxy groups -OCH3 is 1. The molecule has 0 bridgehead atoms. The fraction of sp³-hybridized carbons (Fsp3) is 0.440. The van der Waals surface area contributed by atoms with Crippen molar-refractivity contribution in [1.29, 1.82) is 0 Å². The van der Waals surface area contributed by atoms with Crippen molar-refractivity contribution in [2.24, 2.45) is 5.92 Å². The highest BCUT2D eigenvalue weighted by atomic mass is 16.5. The number of amides is 2. The Hall–Kier alpha value is -2.82. The van der Waals surface area contributed by atoms with Crippen molar-refractivity contribution < 1.29 is 14.3 Å². The predicted molar refractivity (Wildman–Crippen MR) is 119 cm³/mol. The van der Waals surface area contributed by atoms with Crippen molar-refractivity contribution in [2.75, 3.05) is 13.7 Å². The highest BCUT2D eigenvalue weighted by Crippen LogP contribution is 2.32. The number of hydrogen-bond donors (Lipinski definition) is 1. The number of nitrogens with one attached hydrogen (secondary N) is 1. The molecule has 30 heavy (non-hydrogen) atoms. The molecule has 1 aliphatic heterocycles. The number of aryl methyl sites for hydroxylation is 1. The number of carbonyl (C=O) groups is 2. The van der Waals surface area contributed by atoms with E-state index >= 15 is 0 Å². The second-order valence-corrected chi connectivity index (χ2v) is 8.61. The zero-order valence-electron chi connectivity index (χ0n) is 18.4. The van der Waals surface area contributed by atoms with Crippen LogP contribution < -0.4 is 10.1 Å². The van der Waals surface area contributed by atoms with E-state index in [1.807, 2.05) is 55.5 Å². The zero-order valence-corrected chi connectivity index (χ0v) is 18.4. The minimum absolute atomic E-state index is 0.0854. The van der Waals surface area contributed by atoms with E-state index in [-0.39, 0.29) is 11.8 Å². The summed E-state index contributed by atoms with van der Waals surface area (Å²) >= 11 is 0. The first kappa shape index (κ1) is 21.9. The lowest BCUT2D eigenvalue weighted by Gasteiger charge is -2.39. The Bertz CT molecular complexity index is 892. The molecule has 0 saturated carbocycles. The molecular formula is C25H32N2O3. The van der Waals surface area contributed by atoms with Crippen LogP contribution in [-0.2, 0) is 17.8 Å². The monoisotopic (exact) mass is 408 g/mol. The highest BCUT2D eigenvalue weighted by Gasteiger charge is 2.44. The second-order valence-electron chi connectivity index (χ2n) is 8.61. The summed E-state index contributed by atoms with van der Waals surface area (Å²) < 4.78 is 5.24.